The molecule has 0 fully saturated rings. The van der Waals surface area contributed by atoms with E-state index in [1.165, 1.54) is 0 Å². The molecule has 1 atom stereocenters. The van der Waals surface area contributed by atoms with Crippen LogP contribution in [0, 0.1) is 0 Å². The molecule has 2 nitrogen and oxygen atoms in total. The van der Waals surface area contributed by atoms with Crippen molar-refractivity contribution in [3.05, 3.63) is 24.3 Å². The minimum Gasteiger partial charge on any atom is -0.376 e. The smallest absolute Gasteiger partial charge is 0.0861 e. The van der Waals surface area contributed by atoms with E-state index in [-0.39, 0.29) is 0 Å². The predicted octanol–water partition coefficient (Wildman–Crippen LogP) is 2.59. The molecule has 1 aliphatic rings. The topological polar surface area (TPSA) is 24.4 Å². The van der Waals surface area contributed by atoms with E-state index in [0.717, 1.165) is 17.1 Å². The van der Waals surface area contributed by atoms with Crippen LogP contribution in [0.15, 0.2) is 29.3 Å². The average molecular weight is 160 g/mol. The van der Waals surface area contributed by atoms with Gasteiger partial charge in [-0.3, -0.25) is 4.99 Å². The predicted molar refractivity (Wildman–Crippen MR) is 52.3 cm³/mol. The molecule has 0 spiro atoms. The van der Waals surface area contributed by atoms with Crippen LogP contribution in [-0.4, -0.2) is 11.8 Å². The van der Waals surface area contributed by atoms with E-state index in [1.807, 2.05) is 25.1 Å². The molecule has 0 saturated carbocycles. The van der Waals surface area contributed by atoms with E-state index in [1.54, 1.807) is 0 Å². The van der Waals surface area contributed by atoms with Gasteiger partial charge >= 0.3 is 0 Å². The molecule has 1 aliphatic heterocycles. The van der Waals surface area contributed by atoms with Gasteiger partial charge < -0.3 is 5.32 Å². The second-order valence-corrected chi connectivity index (χ2v) is 3.14. The number of para-hydroxylation sites is 2. The maximum absolute atomic E-state index is 4.48. The lowest BCUT2D eigenvalue weighted by Crippen LogP contribution is -2.26. The number of nitrogens with zero attached hydrogens (tertiary/aromatic N) is 1. The van der Waals surface area contributed by atoms with Crippen molar-refractivity contribution in [1.29, 1.82) is 0 Å². The quantitative estimate of drug-likeness (QED) is 0.619. The van der Waals surface area contributed by atoms with Gasteiger partial charge in [-0.2, -0.15) is 0 Å². The normalized spacial score (nSPS) is 20.8. The molecule has 0 amide bonds. The minimum atomic E-state index is 0.361. The fourth-order valence-corrected chi connectivity index (χ4v) is 1.32. The van der Waals surface area contributed by atoms with E-state index in [9.17, 15) is 0 Å². The van der Waals surface area contributed by atoms with Gasteiger partial charge in [-0.05, 0) is 26.0 Å². The maximum atomic E-state index is 4.48. The lowest BCUT2D eigenvalue weighted by molar-refractivity contribution is 1.02. The molecule has 2 rings (SSSR count). The number of aliphatic imine (C=N–C) groups is 1. The Kier molecular flexibility index (Phi) is 1.61. The first-order valence-corrected chi connectivity index (χ1v) is 4.18. The van der Waals surface area contributed by atoms with E-state index < -0.39 is 0 Å². The highest BCUT2D eigenvalue weighted by Gasteiger charge is 2.13. The van der Waals surface area contributed by atoms with Gasteiger partial charge in [-0.1, -0.05) is 12.1 Å². The second-order valence-electron chi connectivity index (χ2n) is 3.14. The van der Waals surface area contributed by atoms with Gasteiger partial charge in [0, 0.05) is 5.71 Å². The molecule has 62 valence electrons. The molecule has 1 heterocycles. The lowest BCUT2D eigenvalue weighted by atomic mass is 10.1. The molecule has 1 N–H and O–H groups in total. The zero-order valence-electron chi connectivity index (χ0n) is 7.33. The third-order valence-corrected chi connectivity index (χ3v) is 2.20. The third-order valence-electron chi connectivity index (χ3n) is 2.20. The number of nitrogens with one attached hydrogen (secondary N) is 1. The van der Waals surface area contributed by atoms with Crippen molar-refractivity contribution in [2.75, 3.05) is 5.32 Å². The van der Waals surface area contributed by atoms with Crippen molar-refractivity contribution in [3.63, 3.8) is 0 Å². The Labute approximate surface area is 72.3 Å². The molecule has 0 aromatic heterocycles. The van der Waals surface area contributed by atoms with Crippen molar-refractivity contribution in [3.8, 4) is 0 Å². The van der Waals surface area contributed by atoms with Crippen molar-refractivity contribution in [2.45, 2.75) is 19.9 Å². The highest BCUT2D eigenvalue weighted by atomic mass is 15.0. The SMILES string of the molecule is CC1=Nc2ccccc2N[C@H]1C. The van der Waals surface area contributed by atoms with Gasteiger partial charge in [0.1, 0.15) is 0 Å². The van der Waals surface area contributed by atoms with Gasteiger partial charge in [0.15, 0.2) is 0 Å². The van der Waals surface area contributed by atoms with Gasteiger partial charge in [-0.25, -0.2) is 0 Å². The van der Waals surface area contributed by atoms with Crippen molar-refractivity contribution < 1.29 is 0 Å². The average Bonchev–Trinajstić information content (AvgIpc) is 2.07. The zero-order valence-corrected chi connectivity index (χ0v) is 7.33. The molecule has 0 aliphatic carbocycles. The van der Waals surface area contributed by atoms with Crippen molar-refractivity contribution >= 4 is 17.1 Å². The molecule has 0 saturated heterocycles. The molecule has 1 aromatic carbocycles. The summed E-state index contributed by atoms with van der Waals surface area (Å²) >= 11 is 0. The number of anilines is 1. The Morgan fingerprint density at radius 1 is 1.33 bits per heavy atom. The summed E-state index contributed by atoms with van der Waals surface area (Å²) in [6.07, 6.45) is 0. The maximum Gasteiger partial charge on any atom is 0.0861 e. The fraction of sp³-hybridized carbons (Fsp3) is 0.300. The van der Waals surface area contributed by atoms with Crippen molar-refractivity contribution in [2.24, 2.45) is 4.99 Å². The molecule has 0 unspecified atom stereocenters. The molecule has 1 aromatic rings. The number of rotatable bonds is 0. The molecule has 12 heavy (non-hydrogen) atoms. The van der Waals surface area contributed by atoms with Crippen LogP contribution in [0.3, 0.4) is 0 Å². The van der Waals surface area contributed by atoms with E-state index in [4.69, 9.17) is 0 Å². The van der Waals surface area contributed by atoms with Crippen LogP contribution in [0.5, 0.6) is 0 Å². The third kappa shape index (κ3) is 1.09. The Hall–Kier alpha value is -1.31. The van der Waals surface area contributed by atoms with Gasteiger partial charge in [0.05, 0.1) is 17.4 Å². The summed E-state index contributed by atoms with van der Waals surface area (Å²) in [5.74, 6) is 0. The van der Waals surface area contributed by atoms with Crippen LogP contribution < -0.4 is 5.32 Å². The summed E-state index contributed by atoms with van der Waals surface area (Å²) in [5, 5.41) is 3.38. The number of hydrogen-bond donors (Lipinski definition) is 1. The first kappa shape index (κ1) is 7.35. The van der Waals surface area contributed by atoms with E-state index in [2.05, 4.69) is 23.3 Å². The zero-order chi connectivity index (χ0) is 8.55. The number of hydrogen-bond acceptors (Lipinski definition) is 2. The molecule has 0 radical (unpaired) electrons. The van der Waals surface area contributed by atoms with Gasteiger partial charge in [-0.15, -0.1) is 0 Å². The fourth-order valence-electron chi connectivity index (χ4n) is 1.32. The Balaban J connectivity index is 2.49. The largest absolute Gasteiger partial charge is 0.376 e. The van der Waals surface area contributed by atoms with Crippen LogP contribution in [0.2, 0.25) is 0 Å². The van der Waals surface area contributed by atoms with E-state index in [0.29, 0.717) is 6.04 Å². The van der Waals surface area contributed by atoms with Crippen LogP contribution in [-0.2, 0) is 0 Å². The number of fused-ring (bicyclic) bond motifs is 1. The van der Waals surface area contributed by atoms with E-state index >= 15 is 0 Å². The monoisotopic (exact) mass is 160 g/mol. The van der Waals surface area contributed by atoms with Crippen molar-refractivity contribution in [1.82, 2.24) is 0 Å². The van der Waals surface area contributed by atoms with Gasteiger partial charge in [0.25, 0.3) is 0 Å². The highest BCUT2D eigenvalue weighted by Crippen LogP contribution is 2.28. The second kappa shape index (κ2) is 2.63. The van der Waals surface area contributed by atoms with Crippen LogP contribution >= 0.6 is 0 Å². The summed E-state index contributed by atoms with van der Waals surface area (Å²) in [4.78, 5) is 4.48. The standard InChI is InChI=1S/C10H12N2/c1-7-8(2)12-10-6-4-3-5-9(10)11-7/h3-7,11H,1-2H3/t7-/m0/s1. The molecular weight excluding hydrogens is 148 g/mol. The summed E-state index contributed by atoms with van der Waals surface area (Å²) in [6.45, 7) is 4.17. The summed E-state index contributed by atoms with van der Waals surface area (Å²) < 4.78 is 0. The first-order valence-electron chi connectivity index (χ1n) is 4.18. The Bertz CT molecular complexity index is 328. The Morgan fingerprint density at radius 3 is 2.92 bits per heavy atom. The van der Waals surface area contributed by atoms with Crippen LogP contribution in [0.25, 0.3) is 0 Å². The minimum absolute atomic E-state index is 0.361. The van der Waals surface area contributed by atoms with Gasteiger partial charge in [0.2, 0.25) is 0 Å². The Morgan fingerprint density at radius 2 is 2.08 bits per heavy atom. The first-order chi connectivity index (χ1) is 5.77. The van der Waals surface area contributed by atoms with Crippen LogP contribution in [0.4, 0.5) is 11.4 Å². The molecular formula is C10H12N2. The van der Waals surface area contributed by atoms with Crippen LogP contribution in [0.1, 0.15) is 13.8 Å². The summed E-state index contributed by atoms with van der Waals surface area (Å²) in [5.41, 5.74) is 3.33. The summed E-state index contributed by atoms with van der Waals surface area (Å²) in [6, 6.07) is 8.47. The highest BCUT2D eigenvalue weighted by molar-refractivity contribution is 5.96. The molecule has 0 bridgehead atoms. The number of benzene rings is 1. The lowest BCUT2D eigenvalue weighted by Gasteiger charge is -2.21. The molecule has 2 heteroatoms. The summed E-state index contributed by atoms with van der Waals surface area (Å²) in [7, 11) is 0.